The molecular weight excluding hydrogens is 274 g/mol. The summed E-state index contributed by atoms with van der Waals surface area (Å²) in [6.07, 6.45) is 0.932. The molecule has 1 aliphatic rings. The Morgan fingerprint density at radius 3 is 2.90 bits per heavy atom. The Balaban J connectivity index is 1.77. The average molecular weight is 290 g/mol. The maximum absolute atomic E-state index is 6.12. The topological polar surface area (TPSA) is 44.5 Å². The summed E-state index contributed by atoms with van der Waals surface area (Å²) in [6.45, 7) is 1.26. The standard InChI is InChI=1S/C16H16ClNO2/c17-13-5-3-6-14(18)16(13)20-10-11-8-9-19-15-7-2-1-4-12(11)15/h1-7,11H,8-10,18H2. The van der Waals surface area contributed by atoms with E-state index >= 15 is 0 Å². The Bertz CT molecular complexity index is 595. The van der Waals surface area contributed by atoms with Crippen LogP contribution in [0.15, 0.2) is 42.5 Å². The number of benzene rings is 2. The van der Waals surface area contributed by atoms with Gasteiger partial charge in [0.15, 0.2) is 5.75 Å². The highest BCUT2D eigenvalue weighted by atomic mass is 35.5. The van der Waals surface area contributed by atoms with Gasteiger partial charge in [-0.3, -0.25) is 0 Å². The number of para-hydroxylation sites is 2. The zero-order valence-electron chi connectivity index (χ0n) is 11.0. The minimum atomic E-state index is 0.302. The van der Waals surface area contributed by atoms with Gasteiger partial charge in [-0.1, -0.05) is 35.9 Å². The maximum atomic E-state index is 6.12. The van der Waals surface area contributed by atoms with Crippen LogP contribution < -0.4 is 15.2 Å². The molecule has 2 N–H and O–H groups in total. The van der Waals surface area contributed by atoms with Crippen LogP contribution in [0.3, 0.4) is 0 Å². The van der Waals surface area contributed by atoms with Gasteiger partial charge in [0.2, 0.25) is 0 Å². The molecule has 0 fully saturated rings. The second-order valence-corrected chi connectivity index (χ2v) is 5.25. The molecule has 1 aliphatic heterocycles. The van der Waals surface area contributed by atoms with Crippen molar-refractivity contribution in [3.05, 3.63) is 53.1 Å². The number of nitrogen functional groups attached to an aromatic ring is 1. The first-order chi connectivity index (χ1) is 9.75. The van der Waals surface area contributed by atoms with E-state index in [9.17, 15) is 0 Å². The predicted octanol–water partition coefficient (Wildman–Crippen LogP) is 3.87. The first-order valence-corrected chi connectivity index (χ1v) is 7.02. The lowest BCUT2D eigenvalue weighted by atomic mass is 9.94. The summed E-state index contributed by atoms with van der Waals surface area (Å²) in [6, 6.07) is 13.5. The van der Waals surface area contributed by atoms with Gasteiger partial charge < -0.3 is 15.2 Å². The maximum Gasteiger partial charge on any atom is 0.160 e. The van der Waals surface area contributed by atoms with Gasteiger partial charge in [0.25, 0.3) is 0 Å². The van der Waals surface area contributed by atoms with Crippen molar-refractivity contribution in [3.8, 4) is 11.5 Å². The van der Waals surface area contributed by atoms with E-state index in [-0.39, 0.29) is 0 Å². The minimum Gasteiger partial charge on any atom is -0.493 e. The van der Waals surface area contributed by atoms with Crippen LogP contribution in [0, 0.1) is 0 Å². The third-order valence-corrected chi connectivity index (χ3v) is 3.81. The Kier molecular flexibility index (Phi) is 3.70. The van der Waals surface area contributed by atoms with Crippen molar-refractivity contribution in [1.29, 1.82) is 0 Å². The number of anilines is 1. The molecule has 0 spiro atoms. The van der Waals surface area contributed by atoms with Crippen LogP contribution in [0.25, 0.3) is 0 Å². The molecule has 2 aromatic rings. The summed E-state index contributed by atoms with van der Waals surface area (Å²) in [5.41, 5.74) is 7.65. The number of ether oxygens (including phenoxy) is 2. The van der Waals surface area contributed by atoms with Gasteiger partial charge in [-0.05, 0) is 24.6 Å². The fourth-order valence-corrected chi connectivity index (χ4v) is 2.69. The summed E-state index contributed by atoms with van der Waals surface area (Å²) >= 11 is 6.12. The highest BCUT2D eigenvalue weighted by Gasteiger charge is 2.22. The van der Waals surface area contributed by atoms with E-state index < -0.39 is 0 Å². The molecule has 4 heteroatoms. The second-order valence-electron chi connectivity index (χ2n) is 4.84. The van der Waals surface area contributed by atoms with E-state index in [1.165, 1.54) is 5.56 Å². The number of halogens is 1. The van der Waals surface area contributed by atoms with E-state index in [0.717, 1.165) is 12.2 Å². The first-order valence-electron chi connectivity index (χ1n) is 6.64. The molecule has 0 radical (unpaired) electrons. The smallest absolute Gasteiger partial charge is 0.160 e. The van der Waals surface area contributed by atoms with Gasteiger partial charge in [0.1, 0.15) is 5.75 Å². The highest BCUT2D eigenvalue weighted by Crippen LogP contribution is 2.36. The molecule has 1 atom stereocenters. The lowest BCUT2D eigenvalue weighted by Gasteiger charge is -2.26. The van der Waals surface area contributed by atoms with Crippen LogP contribution in [0.4, 0.5) is 5.69 Å². The molecule has 20 heavy (non-hydrogen) atoms. The van der Waals surface area contributed by atoms with Crippen molar-refractivity contribution < 1.29 is 9.47 Å². The molecule has 104 valence electrons. The van der Waals surface area contributed by atoms with Crippen LogP contribution in [0.2, 0.25) is 5.02 Å². The van der Waals surface area contributed by atoms with Gasteiger partial charge in [-0.15, -0.1) is 0 Å². The lowest BCUT2D eigenvalue weighted by Crippen LogP contribution is -2.19. The van der Waals surface area contributed by atoms with Crippen LogP contribution in [0.5, 0.6) is 11.5 Å². The monoisotopic (exact) mass is 289 g/mol. The molecule has 1 heterocycles. The van der Waals surface area contributed by atoms with Gasteiger partial charge in [0, 0.05) is 11.5 Å². The van der Waals surface area contributed by atoms with Crippen molar-refractivity contribution in [2.24, 2.45) is 0 Å². The third kappa shape index (κ3) is 2.54. The summed E-state index contributed by atoms with van der Waals surface area (Å²) in [4.78, 5) is 0. The summed E-state index contributed by atoms with van der Waals surface area (Å²) < 4.78 is 11.5. The van der Waals surface area contributed by atoms with Crippen LogP contribution >= 0.6 is 11.6 Å². The quantitative estimate of drug-likeness (QED) is 0.873. The fraction of sp³-hybridized carbons (Fsp3) is 0.250. The van der Waals surface area contributed by atoms with E-state index in [0.29, 0.717) is 35.6 Å². The Hall–Kier alpha value is -1.87. The van der Waals surface area contributed by atoms with Crippen LogP contribution in [-0.2, 0) is 0 Å². The molecule has 0 saturated carbocycles. The molecule has 3 nitrogen and oxygen atoms in total. The number of hydrogen-bond donors (Lipinski definition) is 1. The third-order valence-electron chi connectivity index (χ3n) is 3.51. The van der Waals surface area contributed by atoms with E-state index in [4.69, 9.17) is 26.8 Å². The number of hydrogen-bond acceptors (Lipinski definition) is 3. The van der Waals surface area contributed by atoms with Gasteiger partial charge in [-0.2, -0.15) is 0 Å². The van der Waals surface area contributed by atoms with Crippen LogP contribution in [-0.4, -0.2) is 13.2 Å². The van der Waals surface area contributed by atoms with Crippen molar-refractivity contribution in [3.63, 3.8) is 0 Å². The molecule has 0 aromatic heterocycles. The molecule has 2 aromatic carbocycles. The summed E-state index contributed by atoms with van der Waals surface area (Å²) in [5.74, 6) is 1.81. The Morgan fingerprint density at radius 1 is 1.20 bits per heavy atom. The molecule has 3 rings (SSSR count). The predicted molar refractivity (Wildman–Crippen MR) is 80.7 cm³/mol. The van der Waals surface area contributed by atoms with E-state index in [1.807, 2.05) is 24.3 Å². The summed E-state index contributed by atoms with van der Waals surface area (Å²) in [5, 5.41) is 0.547. The average Bonchev–Trinajstić information content (AvgIpc) is 2.47. The zero-order chi connectivity index (χ0) is 13.9. The van der Waals surface area contributed by atoms with E-state index in [2.05, 4.69) is 6.07 Å². The van der Waals surface area contributed by atoms with Crippen LogP contribution in [0.1, 0.15) is 17.9 Å². The Morgan fingerprint density at radius 2 is 2.05 bits per heavy atom. The minimum absolute atomic E-state index is 0.302. The molecule has 1 unspecified atom stereocenters. The molecule has 0 amide bonds. The van der Waals surface area contributed by atoms with Gasteiger partial charge >= 0.3 is 0 Å². The molecule has 0 aliphatic carbocycles. The van der Waals surface area contributed by atoms with Crippen molar-refractivity contribution in [2.45, 2.75) is 12.3 Å². The highest BCUT2D eigenvalue weighted by molar-refractivity contribution is 6.32. The van der Waals surface area contributed by atoms with Crippen molar-refractivity contribution >= 4 is 17.3 Å². The SMILES string of the molecule is Nc1cccc(Cl)c1OCC1CCOc2ccccc21. The van der Waals surface area contributed by atoms with Gasteiger partial charge in [-0.25, -0.2) is 0 Å². The molecular formula is C16H16ClNO2. The zero-order valence-corrected chi connectivity index (χ0v) is 11.8. The fourth-order valence-electron chi connectivity index (χ4n) is 2.45. The number of nitrogens with two attached hydrogens (primary N) is 1. The second kappa shape index (κ2) is 5.63. The molecule has 0 bridgehead atoms. The summed E-state index contributed by atoms with van der Waals surface area (Å²) in [7, 11) is 0. The van der Waals surface area contributed by atoms with Crippen molar-refractivity contribution in [2.75, 3.05) is 18.9 Å². The Labute approximate surface area is 123 Å². The molecule has 0 saturated heterocycles. The normalized spacial score (nSPS) is 17.1. The van der Waals surface area contributed by atoms with Crippen molar-refractivity contribution in [1.82, 2.24) is 0 Å². The lowest BCUT2D eigenvalue weighted by molar-refractivity contribution is 0.218. The first kappa shape index (κ1) is 13.1. The van der Waals surface area contributed by atoms with Gasteiger partial charge in [0.05, 0.1) is 23.9 Å². The number of rotatable bonds is 3. The van der Waals surface area contributed by atoms with E-state index in [1.54, 1.807) is 12.1 Å². The largest absolute Gasteiger partial charge is 0.493 e. The number of fused-ring (bicyclic) bond motifs is 1.